The Balaban J connectivity index is 2.53. The van der Waals surface area contributed by atoms with E-state index in [0.717, 1.165) is 12.3 Å². The summed E-state index contributed by atoms with van der Waals surface area (Å²) in [5, 5.41) is 22.6. The molecule has 0 bridgehead atoms. The van der Waals surface area contributed by atoms with Crippen molar-refractivity contribution in [3.8, 4) is 17.2 Å². The fourth-order valence-corrected chi connectivity index (χ4v) is 2.55. The summed E-state index contributed by atoms with van der Waals surface area (Å²) in [6, 6.07) is 4.80. The van der Waals surface area contributed by atoms with E-state index in [4.69, 9.17) is 14.7 Å². The molecule has 0 saturated heterocycles. The molecule has 0 aliphatic carbocycles. The minimum atomic E-state index is -4.73. The predicted octanol–water partition coefficient (Wildman–Crippen LogP) is 4.99. The molecule has 0 radical (unpaired) electrons. The summed E-state index contributed by atoms with van der Waals surface area (Å²) in [5.74, 6) is -0.278. The molecule has 0 aliphatic heterocycles. The molecule has 0 amide bonds. The largest absolute Gasteiger partial charge is 0.493 e. The molecule has 0 aliphatic rings. The Bertz CT molecular complexity index is 871. The highest BCUT2D eigenvalue weighted by Crippen LogP contribution is 2.43. The summed E-state index contributed by atoms with van der Waals surface area (Å²) >= 11 is 3.18. The summed E-state index contributed by atoms with van der Waals surface area (Å²) in [5.41, 5.74) is -1.60. The molecule has 1 N–H and O–H groups in total. The molecule has 0 atom stereocenters. The van der Waals surface area contributed by atoms with E-state index in [0.29, 0.717) is 17.7 Å². The number of benzene rings is 2. The average molecular weight is 435 g/mol. The van der Waals surface area contributed by atoms with Crippen LogP contribution in [0.1, 0.15) is 11.1 Å². The Labute approximate surface area is 152 Å². The quantitative estimate of drug-likeness (QED) is 0.309. The van der Waals surface area contributed by atoms with Crippen molar-refractivity contribution in [2.45, 2.75) is 6.18 Å². The van der Waals surface area contributed by atoms with Gasteiger partial charge in [-0.1, -0.05) is 5.16 Å². The molecule has 11 heteroatoms. The summed E-state index contributed by atoms with van der Waals surface area (Å²) in [6.45, 7) is 0. The van der Waals surface area contributed by atoms with Crippen molar-refractivity contribution in [3.05, 3.63) is 56.0 Å². The lowest BCUT2D eigenvalue weighted by atomic mass is 10.1. The van der Waals surface area contributed by atoms with Gasteiger partial charge in [0.15, 0.2) is 11.5 Å². The predicted molar refractivity (Wildman–Crippen MR) is 88.2 cm³/mol. The zero-order chi connectivity index (χ0) is 19.5. The first-order chi connectivity index (χ1) is 12.2. The van der Waals surface area contributed by atoms with E-state index in [9.17, 15) is 23.3 Å². The second-order valence-corrected chi connectivity index (χ2v) is 5.67. The maximum absolute atomic E-state index is 12.8. The summed E-state index contributed by atoms with van der Waals surface area (Å²) in [6.07, 6.45) is -3.62. The number of nitro groups is 1. The first-order valence-corrected chi connectivity index (χ1v) is 7.55. The molecule has 0 unspecified atom stereocenters. The van der Waals surface area contributed by atoms with Crippen molar-refractivity contribution >= 4 is 27.8 Å². The molecule has 2 rings (SSSR count). The van der Waals surface area contributed by atoms with Gasteiger partial charge in [0, 0.05) is 11.6 Å². The van der Waals surface area contributed by atoms with Gasteiger partial charge in [-0.15, -0.1) is 0 Å². The van der Waals surface area contributed by atoms with Crippen molar-refractivity contribution < 1.29 is 32.8 Å². The maximum atomic E-state index is 12.8. The summed E-state index contributed by atoms with van der Waals surface area (Å²) in [7, 11) is 1.30. The molecule has 0 heterocycles. The van der Waals surface area contributed by atoms with E-state index in [1.807, 2.05) is 0 Å². The van der Waals surface area contributed by atoms with Gasteiger partial charge in [0.2, 0.25) is 5.75 Å². The van der Waals surface area contributed by atoms with Crippen LogP contribution < -0.4 is 9.47 Å². The molecular weight excluding hydrogens is 425 g/mol. The van der Waals surface area contributed by atoms with Crippen LogP contribution >= 0.6 is 15.9 Å². The van der Waals surface area contributed by atoms with Crippen LogP contribution in [0.2, 0.25) is 0 Å². The zero-order valence-corrected chi connectivity index (χ0v) is 14.5. The van der Waals surface area contributed by atoms with E-state index in [1.54, 1.807) is 0 Å². The Hall–Kier alpha value is -2.82. The van der Waals surface area contributed by atoms with E-state index >= 15 is 0 Å². The molecule has 0 saturated carbocycles. The minimum Gasteiger partial charge on any atom is -0.493 e. The van der Waals surface area contributed by atoms with Crippen molar-refractivity contribution in [2.24, 2.45) is 5.16 Å². The van der Waals surface area contributed by atoms with Crippen LogP contribution in [0.4, 0.5) is 18.9 Å². The average Bonchev–Trinajstić information content (AvgIpc) is 2.56. The van der Waals surface area contributed by atoms with Crippen LogP contribution in [-0.2, 0) is 6.18 Å². The number of alkyl halides is 3. The normalized spacial score (nSPS) is 11.6. The lowest BCUT2D eigenvalue weighted by Gasteiger charge is -2.14. The molecule has 2 aromatic rings. The SMILES string of the molecule is COc1cc(/C=N\O)cc(Br)c1Oc1ccc(C(F)(F)F)cc1[N+](=O)[O-]. The van der Waals surface area contributed by atoms with E-state index in [2.05, 4.69) is 21.1 Å². The fraction of sp³-hybridized carbons (Fsp3) is 0.133. The highest BCUT2D eigenvalue weighted by Gasteiger charge is 2.33. The van der Waals surface area contributed by atoms with Crippen molar-refractivity contribution in [1.29, 1.82) is 0 Å². The minimum absolute atomic E-state index is 0.00504. The van der Waals surface area contributed by atoms with Crippen molar-refractivity contribution in [1.82, 2.24) is 0 Å². The van der Waals surface area contributed by atoms with Gasteiger partial charge in [-0.2, -0.15) is 13.2 Å². The third kappa shape index (κ3) is 4.23. The van der Waals surface area contributed by atoms with Gasteiger partial charge >= 0.3 is 11.9 Å². The van der Waals surface area contributed by atoms with Crippen LogP contribution in [0.5, 0.6) is 17.2 Å². The number of ether oxygens (including phenoxy) is 2. The Kier molecular flexibility index (Phi) is 5.70. The molecule has 26 heavy (non-hydrogen) atoms. The smallest absolute Gasteiger partial charge is 0.416 e. The van der Waals surface area contributed by atoms with Crippen LogP contribution in [0.3, 0.4) is 0 Å². The van der Waals surface area contributed by atoms with Crippen LogP contribution in [0, 0.1) is 10.1 Å². The number of nitrogens with zero attached hydrogens (tertiary/aromatic N) is 2. The van der Waals surface area contributed by atoms with Gasteiger partial charge in [-0.25, -0.2) is 0 Å². The van der Waals surface area contributed by atoms with Crippen LogP contribution in [0.15, 0.2) is 40.0 Å². The van der Waals surface area contributed by atoms with Crippen LogP contribution in [0.25, 0.3) is 0 Å². The second-order valence-electron chi connectivity index (χ2n) is 4.82. The lowest BCUT2D eigenvalue weighted by molar-refractivity contribution is -0.385. The van der Waals surface area contributed by atoms with E-state index < -0.39 is 28.1 Å². The molecular formula is C15H10BrF3N2O5. The standard InChI is InChI=1S/C15H10BrF3N2O5/c1-25-13-5-8(7-20-22)4-10(16)14(13)26-12-3-2-9(15(17,18)19)6-11(12)21(23)24/h2-7,22H,1H3/b20-7-. The third-order valence-corrected chi connectivity index (χ3v) is 3.74. The monoisotopic (exact) mass is 434 g/mol. The van der Waals surface area contributed by atoms with Gasteiger partial charge in [-0.05, 0) is 40.2 Å². The molecule has 138 valence electrons. The maximum Gasteiger partial charge on any atom is 0.416 e. The number of rotatable bonds is 5. The Morgan fingerprint density at radius 1 is 1.27 bits per heavy atom. The second kappa shape index (κ2) is 7.60. The fourth-order valence-electron chi connectivity index (χ4n) is 2.01. The van der Waals surface area contributed by atoms with Gasteiger partial charge in [0.1, 0.15) is 0 Å². The third-order valence-electron chi connectivity index (χ3n) is 3.15. The number of oxime groups is 1. The molecule has 0 aromatic heterocycles. The number of nitro benzene ring substituents is 1. The van der Waals surface area contributed by atoms with E-state index in [1.165, 1.54) is 19.2 Å². The Morgan fingerprint density at radius 2 is 1.96 bits per heavy atom. The van der Waals surface area contributed by atoms with Gasteiger partial charge in [0.05, 0.1) is 28.3 Å². The summed E-state index contributed by atoms with van der Waals surface area (Å²) < 4.78 is 49.1. The number of hydrogen-bond acceptors (Lipinski definition) is 6. The van der Waals surface area contributed by atoms with Crippen molar-refractivity contribution in [2.75, 3.05) is 7.11 Å². The topological polar surface area (TPSA) is 94.2 Å². The number of halogens is 4. The molecule has 7 nitrogen and oxygen atoms in total. The lowest BCUT2D eigenvalue weighted by Crippen LogP contribution is -2.06. The Morgan fingerprint density at radius 3 is 2.50 bits per heavy atom. The van der Waals surface area contributed by atoms with Gasteiger partial charge in [-0.3, -0.25) is 10.1 Å². The molecule has 0 fully saturated rings. The molecule has 2 aromatic carbocycles. The van der Waals surface area contributed by atoms with Crippen molar-refractivity contribution in [3.63, 3.8) is 0 Å². The number of hydrogen-bond donors (Lipinski definition) is 1. The zero-order valence-electron chi connectivity index (χ0n) is 13.0. The highest BCUT2D eigenvalue weighted by atomic mass is 79.9. The first kappa shape index (κ1) is 19.5. The number of methoxy groups -OCH3 is 1. The van der Waals surface area contributed by atoms with E-state index in [-0.39, 0.29) is 16.0 Å². The molecule has 0 spiro atoms. The van der Waals surface area contributed by atoms with Gasteiger partial charge < -0.3 is 14.7 Å². The first-order valence-electron chi connectivity index (χ1n) is 6.75. The summed E-state index contributed by atoms with van der Waals surface area (Å²) in [4.78, 5) is 10.2. The van der Waals surface area contributed by atoms with Gasteiger partial charge in [0.25, 0.3) is 0 Å². The highest BCUT2D eigenvalue weighted by molar-refractivity contribution is 9.10. The van der Waals surface area contributed by atoms with Crippen LogP contribution in [-0.4, -0.2) is 23.5 Å².